The summed E-state index contributed by atoms with van der Waals surface area (Å²) in [6.45, 7) is 7.37. The number of aliphatic hydroxyl groups is 1. The van der Waals surface area contributed by atoms with Crippen molar-refractivity contribution in [2.24, 2.45) is 0 Å². The molecular weight excluding hydrogens is 416 g/mol. The fraction of sp³-hybridized carbons (Fsp3) is 0.226. The maximum Gasteiger partial charge on any atom is 0.0845 e. The molecule has 1 aromatic heterocycles. The highest BCUT2D eigenvalue weighted by atomic mass is 16.3. The number of benzene rings is 4. The third-order valence-electron chi connectivity index (χ3n) is 6.81. The highest BCUT2D eigenvalue weighted by Crippen LogP contribution is 2.43. The molecule has 0 fully saturated rings. The van der Waals surface area contributed by atoms with E-state index < -0.39 is 6.10 Å². The van der Waals surface area contributed by atoms with E-state index in [2.05, 4.69) is 120 Å². The Morgan fingerprint density at radius 1 is 0.706 bits per heavy atom. The predicted octanol–water partition coefficient (Wildman–Crippen LogP) is 6.83. The second-order valence-corrected chi connectivity index (χ2v) is 8.89. The molecule has 3 nitrogen and oxygen atoms in total. The van der Waals surface area contributed by atoms with Gasteiger partial charge in [0.2, 0.25) is 0 Å². The monoisotopic (exact) mass is 448 g/mol. The van der Waals surface area contributed by atoms with Crippen molar-refractivity contribution in [1.82, 2.24) is 9.47 Å². The molecule has 4 aromatic carbocycles. The molecule has 5 aromatic rings. The standard InChI is InChI=1S/C31H32N2O/c1-3-32(4-2)21-26(34)22-33-30(25-16-9-6-10-17-25)29(24-14-7-5-8-15-24)28-20-19-23-13-11-12-18-27(23)31(28)33/h5-20,26,34H,3-4,21-22H2,1-2H3. The van der Waals surface area contributed by atoms with Gasteiger partial charge in [0.15, 0.2) is 0 Å². The smallest absolute Gasteiger partial charge is 0.0845 e. The molecule has 5 rings (SSSR count). The first-order valence-electron chi connectivity index (χ1n) is 12.3. The lowest BCUT2D eigenvalue weighted by molar-refractivity contribution is 0.104. The van der Waals surface area contributed by atoms with Gasteiger partial charge in [-0.1, -0.05) is 111 Å². The minimum absolute atomic E-state index is 0.472. The van der Waals surface area contributed by atoms with E-state index >= 15 is 0 Å². The predicted molar refractivity (Wildman–Crippen MR) is 144 cm³/mol. The summed E-state index contributed by atoms with van der Waals surface area (Å²) < 4.78 is 2.36. The van der Waals surface area contributed by atoms with Crippen LogP contribution in [0.1, 0.15) is 13.8 Å². The third kappa shape index (κ3) is 4.13. The van der Waals surface area contributed by atoms with Crippen molar-refractivity contribution < 1.29 is 5.11 Å². The first kappa shape index (κ1) is 22.4. The fourth-order valence-corrected chi connectivity index (χ4v) is 5.15. The van der Waals surface area contributed by atoms with E-state index in [1.54, 1.807) is 0 Å². The van der Waals surface area contributed by atoms with Crippen LogP contribution in [0.25, 0.3) is 44.1 Å². The zero-order valence-electron chi connectivity index (χ0n) is 20.0. The molecule has 1 atom stereocenters. The molecule has 0 spiro atoms. The lowest BCUT2D eigenvalue weighted by Gasteiger charge is -2.23. The number of rotatable bonds is 8. The van der Waals surface area contributed by atoms with Crippen LogP contribution >= 0.6 is 0 Å². The highest BCUT2D eigenvalue weighted by Gasteiger charge is 2.23. The van der Waals surface area contributed by atoms with Crippen LogP contribution in [0.2, 0.25) is 0 Å². The Kier molecular flexibility index (Phi) is 6.48. The van der Waals surface area contributed by atoms with Gasteiger partial charge in [-0.25, -0.2) is 0 Å². The maximum atomic E-state index is 11.3. The molecule has 0 aliphatic carbocycles. The molecule has 0 saturated heterocycles. The van der Waals surface area contributed by atoms with Gasteiger partial charge in [-0.15, -0.1) is 0 Å². The summed E-state index contributed by atoms with van der Waals surface area (Å²) in [5, 5.41) is 14.9. The Balaban J connectivity index is 1.83. The van der Waals surface area contributed by atoms with Crippen LogP contribution in [0.5, 0.6) is 0 Å². The lowest BCUT2D eigenvalue weighted by Crippen LogP contribution is -2.34. The summed E-state index contributed by atoms with van der Waals surface area (Å²) in [5.41, 5.74) is 5.93. The topological polar surface area (TPSA) is 28.4 Å². The van der Waals surface area contributed by atoms with Crippen LogP contribution in [0.15, 0.2) is 97.1 Å². The van der Waals surface area contributed by atoms with E-state index in [4.69, 9.17) is 0 Å². The largest absolute Gasteiger partial charge is 0.390 e. The number of fused-ring (bicyclic) bond motifs is 3. The summed E-state index contributed by atoms with van der Waals surface area (Å²) in [4.78, 5) is 2.29. The normalized spacial score (nSPS) is 12.6. The van der Waals surface area contributed by atoms with Crippen LogP contribution in [0.3, 0.4) is 0 Å². The molecule has 0 radical (unpaired) electrons. The maximum absolute atomic E-state index is 11.3. The summed E-state index contributed by atoms with van der Waals surface area (Å²) in [6, 6.07) is 34.3. The number of aliphatic hydroxyl groups excluding tert-OH is 1. The van der Waals surface area contributed by atoms with Crippen molar-refractivity contribution >= 4 is 21.7 Å². The van der Waals surface area contributed by atoms with E-state index in [0.717, 1.165) is 24.3 Å². The van der Waals surface area contributed by atoms with E-state index in [9.17, 15) is 5.11 Å². The van der Waals surface area contributed by atoms with Gasteiger partial charge in [-0.05, 0) is 29.6 Å². The minimum Gasteiger partial charge on any atom is -0.390 e. The van der Waals surface area contributed by atoms with Crippen LogP contribution in [0.4, 0.5) is 0 Å². The molecule has 0 aliphatic rings. The Morgan fingerprint density at radius 3 is 2.00 bits per heavy atom. The zero-order chi connectivity index (χ0) is 23.5. The lowest BCUT2D eigenvalue weighted by atomic mass is 9.97. The molecule has 3 heteroatoms. The summed E-state index contributed by atoms with van der Waals surface area (Å²) in [5.74, 6) is 0. The Hall–Kier alpha value is -3.40. The summed E-state index contributed by atoms with van der Waals surface area (Å²) in [7, 11) is 0. The van der Waals surface area contributed by atoms with Crippen molar-refractivity contribution in [3.05, 3.63) is 97.1 Å². The highest BCUT2D eigenvalue weighted by molar-refractivity contribution is 6.15. The van der Waals surface area contributed by atoms with Gasteiger partial charge in [-0.2, -0.15) is 0 Å². The van der Waals surface area contributed by atoms with E-state index in [-0.39, 0.29) is 0 Å². The molecule has 1 N–H and O–H groups in total. The van der Waals surface area contributed by atoms with Gasteiger partial charge in [-0.3, -0.25) is 0 Å². The Morgan fingerprint density at radius 2 is 1.32 bits per heavy atom. The Labute approximate surface area is 201 Å². The third-order valence-corrected chi connectivity index (χ3v) is 6.81. The van der Waals surface area contributed by atoms with E-state index in [1.165, 1.54) is 32.8 Å². The molecule has 1 heterocycles. The molecule has 0 aliphatic heterocycles. The van der Waals surface area contributed by atoms with Gasteiger partial charge in [0, 0.05) is 22.9 Å². The fourth-order valence-electron chi connectivity index (χ4n) is 5.15. The Bertz CT molecular complexity index is 1390. The van der Waals surface area contributed by atoms with Crippen molar-refractivity contribution in [3.8, 4) is 22.4 Å². The molecule has 0 saturated carbocycles. The van der Waals surface area contributed by atoms with Crippen molar-refractivity contribution in [3.63, 3.8) is 0 Å². The molecule has 0 bridgehead atoms. The average Bonchev–Trinajstić information content (AvgIpc) is 3.22. The van der Waals surface area contributed by atoms with Gasteiger partial charge < -0.3 is 14.6 Å². The quantitative estimate of drug-likeness (QED) is 0.282. The second-order valence-electron chi connectivity index (χ2n) is 8.89. The first-order chi connectivity index (χ1) is 16.7. The van der Waals surface area contributed by atoms with Gasteiger partial charge in [0.05, 0.1) is 23.9 Å². The number of nitrogens with zero attached hydrogens (tertiary/aromatic N) is 2. The molecular formula is C31H32N2O. The van der Waals surface area contributed by atoms with Crippen LogP contribution < -0.4 is 0 Å². The van der Waals surface area contributed by atoms with E-state index in [1.807, 2.05) is 0 Å². The summed E-state index contributed by atoms with van der Waals surface area (Å²) in [6.07, 6.45) is -0.472. The molecule has 1 unspecified atom stereocenters. The van der Waals surface area contributed by atoms with Crippen molar-refractivity contribution in [2.75, 3.05) is 19.6 Å². The zero-order valence-corrected chi connectivity index (χ0v) is 20.0. The number of likely N-dealkylation sites (N-methyl/N-ethyl adjacent to an activating group) is 1. The van der Waals surface area contributed by atoms with Crippen LogP contribution in [-0.4, -0.2) is 40.3 Å². The molecule has 0 amide bonds. The van der Waals surface area contributed by atoms with Gasteiger partial charge >= 0.3 is 0 Å². The number of aromatic nitrogens is 1. The first-order valence-corrected chi connectivity index (χ1v) is 12.3. The van der Waals surface area contributed by atoms with Crippen molar-refractivity contribution in [2.45, 2.75) is 26.5 Å². The molecule has 34 heavy (non-hydrogen) atoms. The van der Waals surface area contributed by atoms with Crippen molar-refractivity contribution in [1.29, 1.82) is 0 Å². The average molecular weight is 449 g/mol. The SMILES string of the molecule is CCN(CC)CC(O)Cn1c(-c2ccccc2)c(-c2ccccc2)c2ccc3ccccc3c21. The van der Waals surface area contributed by atoms with E-state index in [0.29, 0.717) is 13.1 Å². The second kappa shape index (κ2) is 9.84. The number of hydrogen-bond donors (Lipinski definition) is 1. The van der Waals surface area contributed by atoms with Gasteiger partial charge in [0.25, 0.3) is 0 Å². The van der Waals surface area contributed by atoms with Gasteiger partial charge in [0.1, 0.15) is 0 Å². The van der Waals surface area contributed by atoms with Crippen LogP contribution in [0, 0.1) is 0 Å². The molecule has 172 valence electrons. The number of hydrogen-bond acceptors (Lipinski definition) is 2. The minimum atomic E-state index is -0.472. The summed E-state index contributed by atoms with van der Waals surface area (Å²) >= 11 is 0. The van der Waals surface area contributed by atoms with Crippen LogP contribution in [-0.2, 0) is 6.54 Å².